The van der Waals surface area contributed by atoms with Gasteiger partial charge >= 0.3 is 0 Å². The first kappa shape index (κ1) is 14.7. The molecular weight excluding hydrogens is 276 g/mol. The molecule has 0 radical (unpaired) electrons. The maximum absolute atomic E-state index is 11.7. The normalized spacial score (nSPS) is 17.1. The molecule has 116 valence electrons. The second kappa shape index (κ2) is 6.26. The van der Waals surface area contributed by atoms with Gasteiger partial charge in [-0.1, -0.05) is 0 Å². The number of hydrogen-bond acceptors (Lipinski definition) is 3. The smallest absolute Gasteiger partial charge is 0.160 e. The Morgan fingerprint density at radius 1 is 1.36 bits per heavy atom. The lowest BCUT2D eigenvalue weighted by molar-refractivity contribution is -0.114. The van der Waals surface area contributed by atoms with Crippen LogP contribution in [0.4, 0.5) is 0 Å². The number of fused-ring (bicyclic) bond motifs is 1. The van der Waals surface area contributed by atoms with E-state index < -0.39 is 0 Å². The van der Waals surface area contributed by atoms with Crippen LogP contribution in [0.15, 0.2) is 35.7 Å². The van der Waals surface area contributed by atoms with Crippen molar-refractivity contribution in [1.29, 1.82) is 0 Å². The lowest BCUT2D eigenvalue weighted by Gasteiger charge is -2.09. The molecule has 1 fully saturated rings. The van der Waals surface area contributed by atoms with Crippen LogP contribution in [0.25, 0.3) is 10.9 Å². The van der Waals surface area contributed by atoms with Crippen molar-refractivity contribution in [2.75, 3.05) is 13.7 Å². The molecule has 1 aliphatic rings. The fraction of sp³-hybridized carbons (Fsp3) is 0.389. The highest BCUT2D eigenvalue weighted by Gasteiger charge is 2.19. The van der Waals surface area contributed by atoms with E-state index in [9.17, 15) is 4.79 Å². The summed E-state index contributed by atoms with van der Waals surface area (Å²) in [4.78, 5) is 15.0. The minimum atomic E-state index is 0.307. The first-order valence-corrected chi connectivity index (χ1v) is 7.80. The highest BCUT2D eigenvalue weighted by molar-refractivity contribution is 5.97. The summed E-state index contributed by atoms with van der Waals surface area (Å²) in [6.07, 6.45) is 5.58. The van der Waals surface area contributed by atoms with Crippen LogP contribution in [0.2, 0.25) is 0 Å². The van der Waals surface area contributed by atoms with E-state index in [2.05, 4.69) is 22.6 Å². The summed E-state index contributed by atoms with van der Waals surface area (Å²) >= 11 is 0. The maximum atomic E-state index is 11.7. The van der Waals surface area contributed by atoms with Crippen molar-refractivity contribution in [2.45, 2.75) is 32.6 Å². The molecule has 0 atom stereocenters. The molecule has 2 N–H and O–H groups in total. The Bertz CT molecular complexity index is 728. The van der Waals surface area contributed by atoms with Crippen molar-refractivity contribution >= 4 is 16.7 Å². The molecule has 1 aromatic heterocycles. The average Bonchev–Trinajstić information content (AvgIpc) is 3.13. The SMILES string of the molecule is COc1ccc2[nH]cc(CCN/C(C)=C3/CCCC3=O)c2c1. The Balaban J connectivity index is 1.68. The van der Waals surface area contributed by atoms with Gasteiger partial charge in [-0.25, -0.2) is 0 Å². The summed E-state index contributed by atoms with van der Waals surface area (Å²) < 4.78 is 5.29. The Kier molecular flexibility index (Phi) is 4.18. The number of H-pyrrole nitrogens is 1. The number of aromatic amines is 1. The third-order valence-electron chi connectivity index (χ3n) is 4.38. The maximum Gasteiger partial charge on any atom is 0.160 e. The van der Waals surface area contributed by atoms with Crippen LogP contribution in [-0.4, -0.2) is 24.4 Å². The van der Waals surface area contributed by atoms with Gasteiger partial charge in [-0.3, -0.25) is 4.79 Å². The van der Waals surface area contributed by atoms with E-state index >= 15 is 0 Å². The molecule has 3 rings (SSSR count). The van der Waals surface area contributed by atoms with Crippen molar-refractivity contribution in [3.63, 3.8) is 0 Å². The highest BCUT2D eigenvalue weighted by Crippen LogP contribution is 2.24. The number of aromatic nitrogens is 1. The van der Waals surface area contributed by atoms with E-state index in [1.54, 1.807) is 7.11 Å². The number of methoxy groups -OCH3 is 1. The van der Waals surface area contributed by atoms with E-state index in [4.69, 9.17) is 4.74 Å². The summed E-state index contributed by atoms with van der Waals surface area (Å²) in [6.45, 7) is 2.84. The van der Waals surface area contributed by atoms with Gasteiger partial charge in [-0.2, -0.15) is 0 Å². The van der Waals surface area contributed by atoms with Gasteiger partial charge in [0.25, 0.3) is 0 Å². The standard InChI is InChI=1S/C18H22N2O2/c1-12(15-4-3-5-18(15)21)19-9-8-13-11-20-17-7-6-14(22-2)10-16(13)17/h6-7,10-11,19-20H,3-5,8-9H2,1-2H3/b15-12-. The average molecular weight is 298 g/mol. The Hall–Kier alpha value is -2.23. The molecule has 0 amide bonds. The highest BCUT2D eigenvalue weighted by atomic mass is 16.5. The fourth-order valence-electron chi connectivity index (χ4n) is 3.10. The quantitative estimate of drug-likeness (QED) is 0.832. The molecule has 4 nitrogen and oxygen atoms in total. The molecule has 1 aliphatic carbocycles. The lowest BCUT2D eigenvalue weighted by atomic mass is 10.1. The van der Waals surface area contributed by atoms with Crippen molar-refractivity contribution in [3.8, 4) is 5.75 Å². The van der Waals surface area contributed by atoms with Gasteiger partial charge < -0.3 is 15.0 Å². The predicted octanol–water partition coefficient (Wildman–Crippen LogP) is 3.34. The van der Waals surface area contributed by atoms with Crippen molar-refractivity contribution in [3.05, 3.63) is 41.2 Å². The van der Waals surface area contributed by atoms with Crippen LogP contribution in [0.3, 0.4) is 0 Å². The third-order valence-corrected chi connectivity index (χ3v) is 4.38. The predicted molar refractivity (Wildman–Crippen MR) is 88.1 cm³/mol. The van der Waals surface area contributed by atoms with Crippen LogP contribution in [-0.2, 0) is 11.2 Å². The molecule has 0 aliphatic heterocycles. The van der Waals surface area contributed by atoms with Gasteiger partial charge in [-0.05, 0) is 49.9 Å². The summed E-state index contributed by atoms with van der Waals surface area (Å²) in [6, 6.07) is 6.06. The summed E-state index contributed by atoms with van der Waals surface area (Å²) in [5, 5.41) is 4.60. The number of benzene rings is 1. The van der Waals surface area contributed by atoms with Crippen molar-refractivity contribution in [1.82, 2.24) is 10.3 Å². The Labute approximate surface area is 130 Å². The molecule has 0 unspecified atom stereocenters. The number of carbonyl (C=O) groups is 1. The summed E-state index contributed by atoms with van der Waals surface area (Å²) in [5.74, 6) is 1.18. The van der Waals surface area contributed by atoms with E-state index in [0.717, 1.165) is 48.3 Å². The second-order valence-corrected chi connectivity index (χ2v) is 5.78. The zero-order valence-electron chi connectivity index (χ0n) is 13.2. The van der Waals surface area contributed by atoms with E-state index in [1.807, 2.05) is 19.1 Å². The number of carbonyl (C=O) groups excluding carboxylic acids is 1. The van der Waals surface area contributed by atoms with Gasteiger partial charge in [-0.15, -0.1) is 0 Å². The van der Waals surface area contributed by atoms with Crippen LogP contribution in [0.1, 0.15) is 31.7 Å². The Morgan fingerprint density at radius 3 is 2.95 bits per heavy atom. The number of rotatable bonds is 5. The Morgan fingerprint density at radius 2 is 2.23 bits per heavy atom. The van der Waals surface area contributed by atoms with Crippen LogP contribution in [0, 0.1) is 0 Å². The molecule has 1 heterocycles. The van der Waals surface area contributed by atoms with Gasteiger partial charge in [0, 0.05) is 41.3 Å². The topological polar surface area (TPSA) is 54.1 Å². The molecule has 0 saturated heterocycles. The number of nitrogens with one attached hydrogen (secondary N) is 2. The number of Topliss-reactive ketones (excluding diaryl/α,β-unsaturated/α-hetero) is 1. The zero-order valence-corrected chi connectivity index (χ0v) is 13.2. The summed E-state index contributed by atoms with van der Waals surface area (Å²) in [7, 11) is 1.68. The van der Waals surface area contributed by atoms with Crippen molar-refractivity contribution in [2.24, 2.45) is 0 Å². The molecule has 2 aromatic rings. The van der Waals surface area contributed by atoms with E-state index in [0.29, 0.717) is 12.2 Å². The molecular formula is C18H22N2O2. The number of ether oxygens (including phenoxy) is 1. The number of ketones is 1. The van der Waals surface area contributed by atoms with Gasteiger partial charge in [0.05, 0.1) is 7.11 Å². The molecule has 22 heavy (non-hydrogen) atoms. The second-order valence-electron chi connectivity index (χ2n) is 5.78. The van der Waals surface area contributed by atoms with E-state index in [-0.39, 0.29) is 0 Å². The first-order valence-electron chi connectivity index (χ1n) is 7.80. The van der Waals surface area contributed by atoms with Crippen LogP contribution >= 0.6 is 0 Å². The van der Waals surface area contributed by atoms with E-state index in [1.165, 1.54) is 10.9 Å². The number of hydrogen-bond donors (Lipinski definition) is 2. The molecule has 1 aromatic carbocycles. The largest absolute Gasteiger partial charge is 0.497 e. The monoisotopic (exact) mass is 298 g/mol. The minimum Gasteiger partial charge on any atom is -0.497 e. The lowest BCUT2D eigenvalue weighted by Crippen LogP contribution is -2.17. The van der Waals surface area contributed by atoms with Crippen molar-refractivity contribution < 1.29 is 9.53 Å². The molecule has 0 bridgehead atoms. The van der Waals surface area contributed by atoms with Gasteiger partial charge in [0.1, 0.15) is 5.75 Å². The van der Waals surface area contributed by atoms with Crippen LogP contribution < -0.4 is 10.1 Å². The van der Waals surface area contributed by atoms with Crippen LogP contribution in [0.5, 0.6) is 5.75 Å². The first-order chi connectivity index (χ1) is 10.7. The summed E-state index contributed by atoms with van der Waals surface area (Å²) in [5.41, 5.74) is 4.41. The third kappa shape index (κ3) is 2.86. The zero-order chi connectivity index (χ0) is 15.5. The molecule has 1 saturated carbocycles. The van der Waals surface area contributed by atoms with Gasteiger partial charge in [0.15, 0.2) is 5.78 Å². The molecule has 4 heteroatoms. The minimum absolute atomic E-state index is 0.307. The van der Waals surface area contributed by atoms with Gasteiger partial charge in [0.2, 0.25) is 0 Å². The number of allylic oxidation sites excluding steroid dienone is 2. The fourth-order valence-corrected chi connectivity index (χ4v) is 3.10. The molecule has 0 spiro atoms.